The molecule has 0 saturated heterocycles. The predicted octanol–water partition coefficient (Wildman–Crippen LogP) is 1.45. The number of hydrogen-bond donors (Lipinski definition) is 1. The summed E-state index contributed by atoms with van der Waals surface area (Å²) in [5.74, 6) is -0.617. The molecule has 19 heavy (non-hydrogen) atoms. The van der Waals surface area contributed by atoms with E-state index in [1.165, 1.54) is 12.0 Å². The van der Waals surface area contributed by atoms with Gasteiger partial charge in [0.1, 0.15) is 0 Å². The summed E-state index contributed by atoms with van der Waals surface area (Å²) < 4.78 is 5.22. The first-order chi connectivity index (χ1) is 9.10. The van der Waals surface area contributed by atoms with Crippen LogP contribution in [0.4, 0.5) is 0 Å². The molecule has 1 amide bonds. The number of methoxy groups -OCH3 is 1. The molecule has 0 saturated carbocycles. The Bertz CT molecular complexity index is 450. The van der Waals surface area contributed by atoms with Crippen LogP contribution in [-0.4, -0.2) is 48.7 Å². The Balaban J connectivity index is 2.78. The highest BCUT2D eigenvalue weighted by Gasteiger charge is 2.18. The number of halogens is 1. The number of esters is 1. The molecule has 0 aliphatic rings. The standard InChI is InChI=1S/C13H16BrNO4/c1-19-12(17)6-7-15(8-9-16)13(18)10-4-2-3-5-11(10)14/h2-5,16H,6-9H2,1H3. The van der Waals surface area contributed by atoms with Gasteiger partial charge in [0.2, 0.25) is 0 Å². The zero-order valence-corrected chi connectivity index (χ0v) is 12.2. The quantitative estimate of drug-likeness (QED) is 0.802. The Morgan fingerprint density at radius 1 is 1.32 bits per heavy atom. The Hall–Kier alpha value is -1.40. The van der Waals surface area contributed by atoms with Crippen LogP contribution in [-0.2, 0) is 9.53 Å². The highest BCUT2D eigenvalue weighted by atomic mass is 79.9. The van der Waals surface area contributed by atoms with Crippen molar-refractivity contribution in [1.82, 2.24) is 4.90 Å². The molecule has 1 aromatic rings. The molecule has 0 fully saturated rings. The third kappa shape index (κ3) is 4.65. The van der Waals surface area contributed by atoms with E-state index in [0.717, 1.165) is 0 Å². The van der Waals surface area contributed by atoms with Crippen LogP contribution < -0.4 is 0 Å². The van der Waals surface area contributed by atoms with Gasteiger partial charge in [-0.1, -0.05) is 12.1 Å². The second kappa shape index (κ2) is 7.91. The topological polar surface area (TPSA) is 66.8 Å². The van der Waals surface area contributed by atoms with Gasteiger partial charge in [-0.05, 0) is 28.1 Å². The van der Waals surface area contributed by atoms with Crippen molar-refractivity contribution in [2.75, 3.05) is 26.8 Å². The zero-order chi connectivity index (χ0) is 14.3. The SMILES string of the molecule is COC(=O)CCN(CCO)C(=O)c1ccccc1Br. The average molecular weight is 330 g/mol. The minimum atomic E-state index is -0.386. The maximum Gasteiger partial charge on any atom is 0.307 e. The monoisotopic (exact) mass is 329 g/mol. The average Bonchev–Trinajstić information content (AvgIpc) is 2.42. The molecule has 0 aliphatic heterocycles. The summed E-state index contributed by atoms with van der Waals surface area (Å²) in [6, 6.07) is 7.03. The van der Waals surface area contributed by atoms with Crippen molar-refractivity contribution in [2.24, 2.45) is 0 Å². The van der Waals surface area contributed by atoms with Gasteiger partial charge in [-0.15, -0.1) is 0 Å². The second-order valence-electron chi connectivity index (χ2n) is 3.82. The Morgan fingerprint density at radius 3 is 2.58 bits per heavy atom. The molecule has 0 aromatic heterocycles. The first-order valence-corrected chi connectivity index (χ1v) is 6.61. The maximum atomic E-state index is 12.3. The lowest BCUT2D eigenvalue weighted by molar-refractivity contribution is -0.140. The normalized spacial score (nSPS) is 10.1. The summed E-state index contributed by atoms with van der Waals surface area (Å²) in [6.45, 7) is 0.238. The van der Waals surface area contributed by atoms with Crippen molar-refractivity contribution >= 4 is 27.8 Å². The van der Waals surface area contributed by atoms with E-state index in [1.807, 2.05) is 6.07 Å². The number of carbonyl (C=O) groups is 2. The molecule has 104 valence electrons. The number of aliphatic hydroxyl groups is 1. The lowest BCUT2D eigenvalue weighted by Gasteiger charge is -2.21. The largest absolute Gasteiger partial charge is 0.469 e. The molecule has 0 bridgehead atoms. The van der Waals surface area contributed by atoms with Crippen LogP contribution in [0.3, 0.4) is 0 Å². The van der Waals surface area contributed by atoms with Crippen LogP contribution in [0.5, 0.6) is 0 Å². The van der Waals surface area contributed by atoms with Gasteiger partial charge in [0, 0.05) is 17.6 Å². The van der Waals surface area contributed by atoms with Crippen LogP contribution in [0, 0.1) is 0 Å². The predicted molar refractivity (Wildman–Crippen MR) is 73.8 cm³/mol. The fourth-order valence-electron chi connectivity index (χ4n) is 1.57. The third-order valence-electron chi connectivity index (χ3n) is 2.57. The molecular weight excluding hydrogens is 314 g/mol. The number of rotatable bonds is 6. The van der Waals surface area contributed by atoms with Crippen LogP contribution >= 0.6 is 15.9 Å². The van der Waals surface area contributed by atoms with E-state index in [2.05, 4.69) is 20.7 Å². The fourth-order valence-corrected chi connectivity index (χ4v) is 2.02. The van der Waals surface area contributed by atoms with E-state index < -0.39 is 0 Å². The number of carbonyl (C=O) groups excluding carboxylic acids is 2. The molecule has 0 aliphatic carbocycles. The van der Waals surface area contributed by atoms with E-state index in [1.54, 1.807) is 18.2 Å². The van der Waals surface area contributed by atoms with E-state index in [4.69, 9.17) is 5.11 Å². The van der Waals surface area contributed by atoms with Gasteiger partial charge in [0.25, 0.3) is 5.91 Å². The number of nitrogens with zero attached hydrogens (tertiary/aromatic N) is 1. The van der Waals surface area contributed by atoms with Crippen molar-refractivity contribution in [3.8, 4) is 0 Å². The molecule has 1 aromatic carbocycles. The number of benzene rings is 1. The molecule has 0 atom stereocenters. The number of ether oxygens (including phenoxy) is 1. The summed E-state index contributed by atoms with van der Waals surface area (Å²) in [4.78, 5) is 24.8. The summed E-state index contributed by atoms with van der Waals surface area (Å²) in [5.41, 5.74) is 0.501. The van der Waals surface area contributed by atoms with Crippen molar-refractivity contribution in [3.63, 3.8) is 0 Å². The lowest BCUT2D eigenvalue weighted by Crippen LogP contribution is -2.35. The van der Waals surface area contributed by atoms with Gasteiger partial charge in [0.05, 0.1) is 25.7 Å². The van der Waals surface area contributed by atoms with Crippen LogP contribution in [0.1, 0.15) is 16.8 Å². The number of hydrogen-bond acceptors (Lipinski definition) is 4. The first kappa shape index (κ1) is 15.7. The molecule has 1 rings (SSSR count). The summed E-state index contributed by atoms with van der Waals surface area (Å²) in [6.07, 6.45) is 0.104. The van der Waals surface area contributed by atoms with E-state index in [0.29, 0.717) is 10.0 Å². The van der Waals surface area contributed by atoms with Gasteiger partial charge in [-0.3, -0.25) is 9.59 Å². The first-order valence-electron chi connectivity index (χ1n) is 5.81. The molecule has 0 heterocycles. The summed E-state index contributed by atoms with van der Waals surface area (Å²) in [7, 11) is 1.30. The van der Waals surface area contributed by atoms with E-state index in [9.17, 15) is 9.59 Å². The minimum absolute atomic E-state index is 0.104. The molecule has 0 radical (unpaired) electrons. The number of aliphatic hydroxyl groups excluding tert-OH is 1. The maximum absolute atomic E-state index is 12.3. The highest BCUT2D eigenvalue weighted by Crippen LogP contribution is 2.18. The van der Waals surface area contributed by atoms with Crippen molar-refractivity contribution in [2.45, 2.75) is 6.42 Å². The molecule has 5 nitrogen and oxygen atoms in total. The Morgan fingerprint density at radius 2 is 2.00 bits per heavy atom. The third-order valence-corrected chi connectivity index (χ3v) is 3.27. The second-order valence-corrected chi connectivity index (χ2v) is 4.68. The Labute approximate surface area is 120 Å². The summed E-state index contributed by atoms with van der Waals surface area (Å²) >= 11 is 3.31. The van der Waals surface area contributed by atoms with Crippen molar-refractivity contribution in [3.05, 3.63) is 34.3 Å². The van der Waals surface area contributed by atoms with E-state index >= 15 is 0 Å². The fraction of sp³-hybridized carbons (Fsp3) is 0.385. The summed E-state index contributed by atoms with van der Waals surface area (Å²) in [5, 5.41) is 9.00. The smallest absolute Gasteiger partial charge is 0.307 e. The highest BCUT2D eigenvalue weighted by molar-refractivity contribution is 9.10. The van der Waals surface area contributed by atoms with Crippen molar-refractivity contribution < 1.29 is 19.4 Å². The molecule has 0 unspecified atom stereocenters. The molecular formula is C13H16BrNO4. The zero-order valence-electron chi connectivity index (χ0n) is 10.6. The lowest BCUT2D eigenvalue weighted by atomic mass is 10.2. The van der Waals surface area contributed by atoms with Crippen molar-refractivity contribution in [1.29, 1.82) is 0 Å². The van der Waals surface area contributed by atoms with Gasteiger partial charge < -0.3 is 14.7 Å². The van der Waals surface area contributed by atoms with Crippen LogP contribution in [0.25, 0.3) is 0 Å². The minimum Gasteiger partial charge on any atom is -0.469 e. The van der Waals surface area contributed by atoms with Crippen LogP contribution in [0.15, 0.2) is 28.7 Å². The van der Waals surface area contributed by atoms with Gasteiger partial charge >= 0.3 is 5.97 Å². The molecule has 6 heteroatoms. The van der Waals surface area contributed by atoms with Gasteiger partial charge in [-0.2, -0.15) is 0 Å². The molecule has 1 N–H and O–H groups in total. The van der Waals surface area contributed by atoms with Gasteiger partial charge in [0.15, 0.2) is 0 Å². The molecule has 0 spiro atoms. The Kier molecular flexibility index (Phi) is 6.52. The van der Waals surface area contributed by atoms with E-state index in [-0.39, 0.29) is 38.0 Å². The van der Waals surface area contributed by atoms with Crippen LogP contribution in [0.2, 0.25) is 0 Å². The number of amides is 1. The van der Waals surface area contributed by atoms with Gasteiger partial charge in [-0.25, -0.2) is 0 Å².